The van der Waals surface area contributed by atoms with E-state index in [1.165, 1.54) is 0 Å². The first-order chi connectivity index (χ1) is 9.23. The molecule has 0 atom stereocenters. The zero-order chi connectivity index (χ0) is 15.3. The first-order valence-electron chi connectivity index (χ1n) is 5.44. The molecule has 0 aliphatic carbocycles. The Morgan fingerprint density at radius 1 is 1.40 bits per heavy atom. The van der Waals surface area contributed by atoms with Crippen LogP contribution in [0.3, 0.4) is 0 Å². The molecule has 108 valence electrons. The van der Waals surface area contributed by atoms with Crippen LogP contribution in [0.5, 0.6) is 0 Å². The summed E-state index contributed by atoms with van der Waals surface area (Å²) in [7, 11) is 0. The summed E-state index contributed by atoms with van der Waals surface area (Å²) in [6.45, 7) is 1.88. The largest absolute Gasteiger partial charge is 0.405 e. The van der Waals surface area contributed by atoms with Crippen LogP contribution in [-0.2, 0) is 4.79 Å². The highest BCUT2D eigenvalue weighted by Crippen LogP contribution is 2.21. The van der Waals surface area contributed by atoms with Gasteiger partial charge in [0.05, 0.1) is 11.4 Å². The number of rotatable bonds is 4. The van der Waals surface area contributed by atoms with Crippen molar-refractivity contribution >= 4 is 17.7 Å². The first-order valence-corrected chi connectivity index (χ1v) is 6.43. The summed E-state index contributed by atoms with van der Waals surface area (Å²) in [5.41, 5.74) is 0.697. The minimum atomic E-state index is -4.44. The topological polar surface area (TPSA) is 78.7 Å². The molecular weight excluding hydrogens is 293 g/mol. The van der Waals surface area contributed by atoms with E-state index in [4.69, 9.17) is 5.26 Å². The third-order valence-corrected chi connectivity index (χ3v) is 3.08. The first kappa shape index (κ1) is 16.2. The second kappa shape index (κ2) is 6.56. The summed E-state index contributed by atoms with van der Waals surface area (Å²) >= 11 is 0.906. The number of thioether (sulfide) groups is 1. The average molecular weight is 304 g/mol. The molecule has 1 N–H and O–H groups in total. The number of carbonyl (C=O) groups is 1. The molecule has 0 unspecified atom stereocenters. The predicted molar refractivity (Wildman–Crippen MR) is 66.0 cm³/mol. The van der Waals surface area contributed by atoms with Gasteiger partial charge in [-0.05, 0) is 13.8 Å². The molecule has 5 nitrogen and oxygen atoms in total. The summed E-state index contributed by atoms with van der Waals surface area (Å²) in [6, 6.07) is 1.91. The van der Waals surface area contributed by atoms with E-state index in [9.17, 15) is 18.0 Å². The predicted octanol–water partition coefficient (Wildman–Crippen LogP) is 1.74. The van der Waals surface area contributed by atoms with Gasteiger partial charge in [0.25, 0.3) is 0 Å². The van der Waals surface area contributed by atoms with Crippen LogP contribution in [0.4, 0.5) is 13.2 Å². The standard InChI is InChI=1S/C11H11F3N4OS/c1-6-8(3-15)10(18-7(2)17-6)20-4-9(19)16-5-11(12,13)14/h4-5H2,1-2H3,(H,16,19). The maximum atomic E-state index is 11.9. The maximum absolute atomic E-state index is 11.9. The molecule has 9 heteroatoms. The number of amides is 1. The van der Waals surface area contributed by atoms with Crippen LogP contribution in [0.25, 0.3) is 0 Å². The Hall–Kier alpha value is -1.82. The van der Waals surface area contributed by atoms with Gasteiger partial charge in [0.1, 0.15) is 29.0 Å². The summed E-state index contributed by atoms with van der Waals surface area (Å²) in [5.74, 6) is -0.592. The highest BCUT2D eigenvalue weighted by atomic mass is 32.2. The van der Waals surface area contributed by atoms with E-state index >= 15 is 0 Å². The van der Waals surface area contributed by atoms with E-state index in [1.807, 2.05) is 6.07 Å². The molecule has 0 aromatic carbocycles. The summed E-state index contributed by atoms with van der Waals surface area (Å²) in [6.07, 6.45) is -4.44. The van der Waals surface area contributed by atoms with Gasteiger partial charge in [-0.1, -0.05) is 11.8 Å². The van der Waals surface area contributed by atoms with E-state index in [-0.39, 0.29) is 11.3 Å². The zero-order valence-electron chi connectivity index (χ0n) is 10.7. The fraction of sp³-hybridized carbons (Fsp3) is 0.455. The maximum Gasteiger partial charge on any atom is 0.405 e. The van der Waals surface area contributed by atoms with Crippen molar-refractivity contribution < 1.29 is 18.0 Å². The molecule has 20 heavy (non-hydrogen) atoms. The molecule has 0 bridgehead atoms. The van der Waals surface area contributed by atoms with Crippen LogP contribution in [0.2, 0.25) is 0 Å². The lowest BCUT2D eigenvalue weighted by Gasteiger charge is -2.09. The molecule has 0 fully saturated rings. The molecule has 0 saturated heterocycles. The summed E-state index contributed by atoms with van der Waals surface area (Å²) in [4.78, 5) is 19.3. The molecule has 0 aliphatic rings. The van der Waals surface area contributed by atoms with Crippen molar-refractivity contribution in [2.24, 2.45) is 0 Å². The summed E-state index contributed by atoms with van der Waals surface area (Å²) in [5, 5.41) is 11.0. The molecule has 1 amide bonds. The highest BCUT2D eigenvalue weighted by molar-refractivity contribution is 8.00. The lowest BCUT2D eigenvalue weighted by molar-refractivity contribution is -0.136. The number of hydrogen-bond donors (Lipinski definition) is 1. The number of halogens is 3. The van der Waals surface area contributed by atoms with E-state index in [0.29, 0.717) is 16.5 Å². The van der Waals surface area contributed by atoms with Gasteiger partial charge in [-0.3, -0.25) is 4.79 Å². The fourth-order valence-electron chi connectivity index (χ4n) is 1.30. The van der Waals surface area contributed by atoms with E-state index in [1.54, 1.807) is 19.2 Å². The van der Waals surface area contributed by atoms with Crippen molar-refractivity contribution in [1.82, 2.24) is 15.3 Å². The molecule has 1 heterocycles. The second-order valence-electron chi connectivity index (χ2n) is 3.83. The monoisotopic (exact) mass is 304 g/mol. The summed E-state index contributed by atoms with van der Waals surface area (Å²) < 4.78 is 35.8. The SMILES string of the molecule is Cc1nc(C)c(C#N)c(SCC(=O)NCC(F)(F)F)n1. The minimum absolute atomic E-state index is 0.226. The number of aromatic nitrogens is 2. The fourth-order valence-corrected chi connectivity index (χ4v) is 2.20. The molecule has 1 rings (SSSR count). The van der Waals surface area contributed by atoms with Gasteiger partial charge in [-0.2, -0.15) is 18.4 Å². The zero-order valence-corrected chi connectivity index (χ0v) is 11.5. The van der Waals surface area contributed by atoms with Gasteiger partial charge >= 0.3 is 6.18 Å². The Kier molecular flexibility index (Phi) is 5.33. The normalized spacial score (nSPS) is 11.0. The Morgan fingerprint density at radius 3 is 2.60 bits per heavy atom. The molecule has 1 aromatic heterocycles. The van der Waals surface area contributed by atoms with E-state index in [0.717, 1.165) is 11.8 Å². The second-order valence-corrected chi connectivity index (χ2v) is 4.79. The number of nitriles is 1. The van der Waals surface area contributed by atoms with Crippen LogP contribution in [0, 0.1) is 25.2 Å². The third-order valence-electron chi connectivity index (χ3n) is 2.11. The van der Waals surface area contributed by atoms with Gasteiger partial charge in [-0.15, -0.1) is 0 Å². The lowest BCUT2D eigenvalue weighted by atomic mass is 10.3. The highest BCUT2D eigenvalue weighted by Gasteiger charge is 2.27. The van der Waals surface area contributed by atoms with Crippen molar-refractivity contribution in [1.29, 1.82) is 5.26 Å². The minimum Gasteiger partial charge on any atom is -0.346 e. The Labute approximate surface area is 117 Å². The number of aryl methyl sites for hydroxylation is 2. The van der Waals surface area contributed by atoms with Crippen LogP contribution < -0.4 is 5.32 Å². The van der Waals surface area contributed by atoms with Crippen LogP contribution in [-0.4, -0.2) is 34.3 Å². The smallest absolute Gasteiger partial charge is 0.346 e. The molecule has 0 radical (unpaired) electrons. The Balaban J connectivity index is 2.67. The average Bonchev–Trinajstić information content (AvgIpc) is 2.32. The van der Waals surface area contributed by atoms with Crippen LogP contribution in [0.15, 0.2) is 5.03 Å². The molecule has 0 saturated carbocycles. The van der Waals surface area contributed by atoms with Crippen molar-refractivity contribution in [3.63, 3.8) is 0 Å². The molecule has 0 aliphatic heterocycles. The third kappa shape index (κ3) is 5.05. The lowest BCUT2D eigenvalue weighted by Crippen LogP contribution is -2.34. The van der Waals surface area contributed by atoms with Crippen LogP contribution >= 0.6 is 11.8 Å². The van der Waals surface area contributed by atoms with Gasteiger partial charge in [0.2, 0.25) is 5.91 Å². The number of nitrogens with one attached hydrogen (secondary N) is 1. The molecule has 0 spiro atoms. The van der Waals surface area contributed by atoms with E-state index < -0.39 is 18.6 Å². The Morgan fingerprint density at radius 2 is 2.05 bits per heavy atom. The van der Waals surface area contributed by atoms with Crippen molar-refractivity contribution in [2.45, 2.75) is 25.0 Å². The van der Waals surface area contributed by atoms with Crippen molar-refractivity contribution in [2.75, 3.05) is 12.3 Å². The number of hydrogen-bond acceptors (Lipinski definition) is 5. The molecule has 1 aromatic rings. The Bertz CT molecular complexity index is 554. The van der Waals surface area contributed by atoms with E-state index in [2.05, 4.69) is 9.97 Å². The van der Waals surface area contributed by atoms with Crippen molar-refractivity contribution in [3.05, 3.63) is 17.1 Å². The van der Waals surface area contributed by atoms with Gasteiger partial charge < -0.3 is 5.32 Å². The van der Waals surface area contributed by atoms with Gasteiger partial charge in [0.15, 0.2) is 0 Å². The van der Waals surface area contributed by atoms with Gasteiger partial charge in [-0.25, -0.2) is 9.97 Å². The quantitative estimate of drug-likeness (QED) is 0.677. The number of nitrogens with zero attached hydrogens (tertiary/aromatic N) is 3. The molecular formula is C11H11F3N4OS. The van der Waals surface area contributed by atoms with Crippen molar-refractivity contribution in [3.8, 4) is 6.07 Å². The number of alkyl halides is 3. The van der Waals surface area contributed by atoms with Crippen LogP contribution in [0.1, 0.15) is 17.1 Å². The van der Waals surface area contributed by atoms with Gasteiger partial charge in [0, 0.05) is 0 Å². The number of carbonyl (C=O) groups excluding carboxylic acids is 1.